The van der Waals surface area contributed by atoms with E-state index in [-0.39, 0.29) is 6.04 Å². The summed E-state index contributed by atoms with van der Waals surface area (Å²) in [4.78, 5) is 32.6. The van der Waals surface area contributed by atoms with E-state index in [0.29, 0.717) is 22.9 Å². The van der Waals surface area contributed by atoms with Crippen molar-refractivity contribution < 1.29 is 4.52 Å². The summed E-state index contributed by atoms with van der Waals surface area (Å²) in [6.45, 7) is 3.53. The lowest BCUT2D eigenvalue weighted by Gasteiger charge is -2.10. The van der Waals surface area contributed by atoms with Crippen LogP contribution in [0, 0.1) is 6.92 Å². The first-order valence-corrected chi connectivity index (χ1v) is 6.34. The Balaban J connectivity index is 2.30. The fourth-order valence-electron chi connectivity index (χ4n) is 2.26. The Labute approximate surface area is 118 Å². The maximum absolute atomic E-state index is 12.3. The summed E-state index contributed by atoms with van der Waals surface area (Å²) >= 11 is 0. The van der Waals surface area contributed by atoms with Gasteiger partial charge in [0.15, 0.2) is 17.0 Å². The molecular formula is C12H14N6O3. The van der Waals surface area contributed by atoms with Crippen LogP contribution in [0.15, 0.2) is 20.4 Å². The maximum atomic E-state index is 12.3. The Hall–Kier alpha value is -2.71. The van der Waals surface area contributed by atoms with Crippen molar-refractivity contribution in [2.75, 3.05) is 0 Å². The molecular weight excluding hydrogens is 276 g/mol. The van der Waals surface area contributed by atoms with Crippen molar-refractivity contribution >= 4 is 11.2 Å². The molecule has 3 aromatic heterocycles. The van der Waals surface area contributed by atoms with Gasteiger partial charge in [0.25, 0.3) is 5.56 Å². The molecule has 1 atom stereocenters. The Bertz CT molecular complexity index is 944. The topological polar surface area (TPSA) is 101 Å². The van der Waals surface area contributed by atoms with E-state index in [1.54, 1.807) is 18.5 Å². The lowest BCUT2D eigenvalue weighted by atomic mass is 10.3. The van der Waals surface area contributed by atoms with E-state index in [9.17, 15) is 9.59 Å². The number of hydrogen-bond donors (Lipinski definition) is 0. The standard InChI is InChI=1S/C12H14N6O3/c1-6(10-14-7(2)15-21-10)18-5-13-9-8(18)11(19)17(4)12(20)16(9)3/h5-6H,1-4H3/t6-/m0/s1. The van der Waals surface area contributed by atoms with E-state index in [1.165, 1.54) is 17.9 Å². The molecule has 0 unspecified atom stereocenters. The summed E-state index contributed by atoms with van der Waals surface area (Å²) in [5.74, 6) is 0.893. The van der Waals surface area contributed by atoms with E-state index < -0.39 is 11.2 Å². The van der Waals surface area contributed by atoms with Crippen LogP contribution in [-0.4, -0.2) is 28.8 Å². The molecule has 0 bridgehead atoms. The van der Waals surface area contributed by atoms with Crippen LogP contribution in [0.2, 0.25) is 0 Å². The van der Waals surface area contributed by atoms with Crippen molar-refractivity contribution in [2.45, 2.75) is 19.9 Å². The number of fused-ring (bicyclic) bond motifs is 1. The quantitative estimate of drug-likeness (QED) is 0.644. The highest BCUT2D eigenvalue weighted by Crippen LogP contribution is 2.19. The third-order valence-corrected chi connectivity index (χ3v) is 3.49. The lowest BCUT2D eigenvalue weighted by Crippen LogP contribution is -2.37. The van der Waals surface area contributed by atoms with E-state index in [2.05, 4.69) is 15.1 Å². The van der Waals surface area contributed by atoms with Gasteiger partial charge in [-0.3, -0.25) is 13.9 Å². The van der Waals surface area contributed by atoms with Gasteiger partial charge in [-0.05, 0) is 13.8 Å². The second kappa shape index (κ2) is 4.40. The van der Waals surface area contributed by atoms with E-state index in [0.717, 1.165) is 4.57 Å². The van der Waals surface area contributed by atoms with Crippen molar-refractivity contribution in [1.82, 2.24) is 28.8 Å². The minimum Gasteiger partial charge on any atom is -0.337 e. The van der Waals surface area contributed by atoms with Crippen LogP contribution in [0.4, 0.5) is 0 Å². The molecule has 3 aromatic rings. The summed E-state index contributed by atoms with van der Waals surface area (Å²) < 4.78 is 9.15. The highest BCUT2D eigenvalue weighted by molar-refractivity contribution is 5.70. The number of aromatic nitrogens is 6. The molecule has 0 aliphatic carbocycles. The van der Waals surface area contributed by atoms with Crippen molar-refractivity contribution in [3.05, 3.63) is 38.9 Å². The van der Waals surface area contributed by atoms with Gasteiger partial charge in [-0.15, -0.1) is 0 Å². The number of hydrogen-bond acceptors (Lipinski definition) is 6. The fraction of sp³-hybridized carbons (Fsp3) is 0.417. The molecule has 0 aliphatic rings. The Morgan fingerprint density at radius 2 is 1.95 bits per heavy atom. The number of rotatable bonds is 2. The lowest BCUT2D eigenvalue weighted by molar-refractivity contribution is 0.345. The second-order valence-corrected chi connectivity index (χ2v) is 4.89. The summed E-state index contributed by atoms with van der Waals surface area (Å²) in [5, 5.41) is 3.74. The number of aryl methyl sites for hydroxylation is 2. The smallest absolute Gasteiger partial charge is 0.332 e. The van der Waals surface area contributed by atoms with Crippen molar-refractivity contribution in [3.63, 3.8) is 0 Å². The molecule has 9 heteroatoms. The molecule has 0 fully saturated rings. The van der Waals surface area contributed by atoms with Gasteiger partial charge >= 0.3 is 5.69 Å². The average Bonchev–Trinajstić information content (AvgIpc) is 3.08. The SMILES string of the molecule is Cc1noc([C@H](C)n2cnc3c2c(=O)n(C)c(=O)n3C)n1. The largest absolute Gasteiger partial charge is 0.337 e. The second-order valence-electron chi connectivity index (χ2n) is 4.89. The molecule has 0 aromatic carbocycles. The normalized spacial score (nSPS) is 13.0. The van der Waals surface area contributed by atoms with Gasteiger partial charge in [0, 0.05) is 14.1 Å². The zero-order chi connectivity index (χ0) is 15.3. The molecule has 0 aliphatic heterocycles. The van der Waals surface area contributed by atoms with Gasteiger partial charge in [-0.25, -0.2) is 9.78 Å². The Kier molecular flexibility index (Phi) is 2.78. The summed E-state index contributed by atoms with van der Waals surface area (Å²) in [6, 6.07) is -0.360. The molecule has 0 amide bonds. The summed E-state index contributed by atoms with van der Waals surface area (Å²) in [6.07, 6.45) is 1.50. The molecule has 0 N–H and O–H groups in total. The monoisotopic (exact) mass is 290 g/mol. The average molecular weight is 290 g/mol. The first-order chi connectivity index (χ1) is 9.91. The van der Waals surface area contributed by atoms with Crippen LogP contribution < -0.4 is 11.2 Å². The molecule has 0 saturated carbocycles. The molecule has 0 radical (unpaired) electrons. The van der Waals surface area contributed by atoms with Gasteiger partial charge < -0.3 is 9.09 Å². The van der Waals surface area contributed by atoms with Gasteiger partial charge in [0.2, 0.25) is 5.89 Å². The van der Waals surface area contributed by atoms with Crippen LogP contribution in [0.25, 0.3) is 11.2 Å². The zero-order valence-corrected chi connectivity index (χ0v) is 12.1. The van der Waals surface area contributed by atoms with Crippen LogP contribution >= 0.6 is 0 Å². The van der Waals surface area contributed by atoms with Gasteiger partial charge in [0.1, 0.15) is 6.04 Å². The van der Waals surface area contributed by atoms with E-state index in [4.69, 9.17) is 4.52 Å². The zero-order valence-electron chi connectivity index (χ0n) is 12.1. The summed E-state index contributed by atoms with van der Waals surface area (Å²) in [7, 11) is 3.01. The molecule has 3 rings (SSSR count). The number of nitrogens with zero attached hydrogens (tertiary/aromatic N) is 6. The maximum Gasteiger partial charge on any atom is 0.332 e. The van der Waals surface area contributed by atoms with Crippen molar-refractivity contribution in [3.8, 4) is 0 Å². The van der Waals surface area contributed by atoms with Crippen LogP contribution in [0.5, 0.6) is 0 Å². The fourth-order valence-corrected chi connectivity index (χ4v) is 2.26. The number of imidazole rings is 1. The van der Waals surface area contributed by atoms with E-state index >= 15 is 0 Å². The molecule has 0 spiro atoms. The van der Waals surface area contributed by atoms with Crippen molar-refractivity contribution in [2.24, 2.45) is 14.1 Å². The van der Waals surface area contributed by atoms with Crippen LogP contribution in [-0.2, 0) is 14.1 Å². The molecule has 9 nitrogen and oxygen atoms in total. The third-order valence-electron chi connectivity index (χ3n) is 3.49. The van der Waals surface area contributed by atoms with Gasteiger partial charge in [-0.1, -0.05) is 5.16 Å². The predicted octanol–water partition coefficient (Wildman–Crippen LogP) is -0.266. The highest BCUT2D eigenvalue weighted by Gasteiger charge is 2.21. The highest BCUT2D eigenvalue weighted by atomic mass is 16.5. The minimum atomic E-state index is -0.418. The first kappa shape index (κ1) is 13.3. The first-order valence-electron chi connectivity index (χ1n) is 6.34. The van der Waals surface area contributed by atoms with Gasteiger partial charge in [-0.2, -0.15) is 4.98 Å². The third kappa shape index (κ3) is 1.81. The predicted molar refractivity (Wildman–Crippen MR) is 73.1 cm³/mol. The minimum absolute atomic E-state index is 0.322. The molecule has 110 valence electrons. The molecule has 3 heterocycles. The van der Waals surface area contributed by atoms with E-state index in [1.807, 2.05) is 6.92 Å². The molecule has 21 heavy (non-hydrogen) atoms. The Morgan fingerprint density at radius 1 is 1.24 bits per heavy atom. The van der Waals surface area contributed by atoms with Gasteiger partial charge in [0.05, 0.1) is 6.33 Å². The van der Waals surface area contributed by atoms with Crippen LogP contribution in [0.1, 0.15) is 24.7 Å². The van der Waals surface area contributed by atoms with Crippen LogP contribution in [0.3, 0.4) is 0 Å². The summed E-state index contributed by atoms with van der Waals surface area (Å²) in [5.41, 5.74) is -0.179. The Morgan fingerprint density at radius 3 is 2.57 bits per heavy atom. The molecule has 0 saturated heterocycles. The van der Waals surface area contributed by atoms with Crippen molar-refractivity contribution in [1.29, 1.82) is 0 Å².